The minimum absolute atomic E-state index is 0.00547. The van der Waals surface area contributed by atoms with Gasteiger partial charge in [-0.05, 0) is 24.3 Å². The van der Waals surface area contributed by atoms with E-state index in [0.717, 1.165) is 15.6 Å². The van der Waals surface area contributed by atoms with Crippen molar-refractivity contribution in [2.75, 3.05) is 17.1 Å². The Labute approximate surface area is 125 Å². The van der Waals surface area contributed by atoms with E-state index in [1.165, 1.54) is 13.1 Å². The monoisotopic (exact) mass is 336 g/mol. The third-order valence-electron chi connectivity index (χ3n) is 2.50. The van der Waals surface area contributed by atoms with Crippen LogP contribution in [0.5, 0.6) is 0 Å². The molecule has 0 spiro atoms. The van der Waals surface area contributed by atoms with Crippen molar-refractivity contribution in [3.63, 3.8) is 0 Å². The highest BCUT2D eigenvalue weighted by atomic mass is 35.5. The number of hydrogen-bond acceptors (Lipinski definition) is 4. The molecule has 0 bridgehead atoms. The van der Waals surface area contributed by atoms with Gasteiger partial charge in [0.1, 0.15) is 9.23 Å². The van der Waals surface area contributed by atoms with Crippen LogP contribution in [0.25, 0.3) is 0 Å². The fraction of sp³-hybridized carbons (Fsp3) is 0.0909. The van der Waals surface area contributed by atoms with Crippen molar-refractivity contribution in [3.05, 3.63) is 39.0 Å². The molecule has 0 radical (unpaired) electrons. The summed E-state index contributed by atoms with van der Waals surface area (Å²) < 4.78 is 26.4. The van der Waals surface area contributed by atoms with E-state index < -0.39 is 10.0 Å². The first-order chi connectivity index (χ1) is 8.82. The molecule has 1 heterocycles. The third-order valence-corrected chi connectivity index (χ3v) is 6.04. The Morgan fingerprint density at radius 1 is 1.26 bits per heavy atom. The Bertz CT molecular complexity index is 713. The first-order valence-corrected chi connectivity index (χ1v) is 8.13. The van der Waals surface area contributed by atoms with Crippen LogP contribution in [0.2, 0.25) is 8.67 Å². The van der Waals surface area contributed by atoms with E-state index in [2.05, 4.69) is 0 Å². The molecule has 8 heteroatoms. The zero-order valence-electron chi connectivity index (χ0n) is 9.80. The molecular weight excluding hydrogens is 327 g/mol. The lowest BCUT2D eigenvalue weighted by atomic mass is 10.3. The van der Waals surface area contributed by atoms with E-state index in [4.69, 9.17) is 28.9 Å². The normalized spacial score (nSPS) is 11.5. The number of sulfonamides is 1. The Balaban J connectivity index is 2.48. The van der Waals surface area contributed by atoms with Gasteiger partial charge in [0.2, 0.25) is 0 Å². The third kappa shape index (κ3) is 2.81. The molecule has 0 atom stereocenters. The molecular formula is C11H10Cl2N2O2S2. The summed E-state index contributed by atoms with van der Waals surface area (Å²) in [4.78, 5) is -0.00547. The van der Waals surface area contributed by atoms with Crippen molar-refractivity contribution in [3.8, 4) is 0 Å². The molecule has 0 saturated carbocycles. The number of anilines is 2. The highest BCUT2D eigenvalue weighted by Crippen LogP contribution is 2.36. The second-order valence-electron chi connectivity index (χ2n) is 3.76. The summed E-state index contributed by atoms with van der Waals surface area (Å²) in [7, 11) is -2.31. The summed E-state index contributed by atoms with van der Waals surface area (Å²) in [6.45, 7) is 0. The Hall–Kier alpha value is -0.950. The molecule has 0 aliphatic rings. The number of nitrogen functional groups attached to an aromatic ring is 1. The topological polar surface area (TPSA) is 63.4 Å². The van der Waals surface area contributed by atoms with Crippen LogP contribution in [0.15, 0.2) is 35.2 Å². The zero-order valence-corrected chi connectivity index (χ0v) is 12.9. The minimum atomic E-state index is -3.75. The van der Waals surface area contributed by atoms with Gasteiger partial charge in [-0.15, -0.1) is 11.3 Å². The van der Waals surface area contributed by atoms with Crippen molar-refractivity contribution >= 4 is 55.9 Å². The summed E-state index contributed by atoms with van der Waals surface area (Å²) in [5, 5.41) is 0. The molecule has 2 aromatic rings. The number of hydrogen-bond donors (Lipinski definition) is 1. The van der Waals surface area contributed by atoms with Crippen LogP contribution >= 0.6 is 34.5 Å². The Morgan fingerprint density at radius 3 is 2.47 bits per heavy atom. The van der Waals surface area contributed by atoms with E-state index in [0.29, 0.717) is 15.7 Å². The fourth-order valence-electron chi connectivity index (χ4n) is 1.51. The maximum atomic E-state index is 12.4. The molecule has 2 N–H and O–H groups in total. The van der Waals surface area contributed by atoms with E-state index in [-0.39, 0.29) is 9.23 Å². The van der Waals surface area contributed by atoms with Gasteiger partial charge in [0.15, 0.2) is 0 Å². The lowest BCUT2D eigenvalue weighted by Gasteiger charge is -2.19. The number of nitrogens with zero attached hydrogens (tertiary/aromatic N) is 1. The second kappa shape index (κ2) is 5.20. The zero-order chi connectivity index (χ0) is 14.2. The number of nitrogens with two attached hydrogens (primary N) is 1. The number of rotatable bonds is 3. The number of benzene rings is 1. The van der Waals surface area contributed by atoms with Crippen LogP contribution in [0, 0.1) is 0 Å². The molecule has 0 amide bonds. The summed E-state index contributed by atoms with van der Waals surface area (Å²) in [5.41, 5.74) is 6.58. The molecule has 1 aromatic carbocycles. The number of thiophene rings is 1. The van der Waals surface area contributed by atoms with Crippen LogP contribution < -0.4 is 10.0 Å². The SMILES string of the molecule is CN(c1cccc(N)c1)S(=O)(=O)c1cc(Cl)sc1Cl. The molecule has 1 aromatic heterocycles. The van der Waals surface area contributed by atoms with Crippen molar-refractivity contribution in [1.82, 2.24) is 0 Å². The van der Waals surface area contributed by atoms with Gasteiger partial charge in [-0.1, -0.05) is 29.3 Å². The van der Waals surface area contributed by atoms with Crippen molar-refractivity contribution < 1.29 is 8.42 Å². The molecule has 19 heavy (non-hydrogen) atoms. The summed E-state index contributed by atoms with van der Waals surface area (Å²) >= 11 is 12.7. The van der Waals surface area contributed by atoms with Gasteiger partial charge in [-0.2, -0.15) is 0 Å². The predicted molar refractivity (Wildman–Crippen MR) is 80.8 cm³/mol. The molecule has 0 aliphatic carbocycles. The van der Waals surface area contributed by atoms with Gasteiger partial charge in [0, 0.05) is 12.7 Å². The lowest BCUT2D eigenvalue weighted by Crippen LogP contribution is -2.26. The van der Waals surface area contributed by atoms with Crippen molar-refractivity contribution in [1.29, 1.82) is 0 Å². The highest BCUT2D eigenvalue weighted by molar-refractivity contribution is 7.93. The summed E-state index contributed by atoms with van der Waals surface area (Å²) in [6.07, 6.45) is 0. The molecule has 102 valence electrons. The van der Waals surface area contributed by atoms with Crippen LogP contribution in [-0.4, -0.2) is 15.5 Å². The van der Waals surface area contributed by atoms with Crippen LogP contribution in [0.3, 0.4) is 0 Å². The van der Waals surface area contributed by atoms with E-state index in [1.807, 2.05) is 0 Å². The second-order valence-corrected chi connectivity index (χ2v) is 7.98. The van der Waals surface area contributed by atoms with Crippen molar-refractivity contribution in [2.45, 2.75) is 4.90 Å². The highest BCUT2D eigenvalue weighted by Gasteiger charge is 2.26. The Morgan fingerprint density at radius 2 is 1.95 bits per heavy atom. The average molecular weight is 337 g/mol. The minimum Gasteiger partial charge on any atom is -0.399 e. The quantitative estimate of drug-likeness (QED) is 0.873. The predicted octanol–water partition coefficient (Wildman–Crippen LogP) is 3.46. The van der Waals surface area contributed by atoms with E-state index in [9.17, 15) is 8.42 Å². The van der Waals surface area contributed by atoms with Gasteiger partial charge in [-0.25, -0.2) is 8.42 Å². The summed E-state index contributed by atoms with van der Waals surface area (Å²) in [6, 6.07) is 7.92. The first-order valence-electron chi connectivity index (χ1n) is 5.11. The van der Waals surface area contributed by atoms with E-state index >= 15 is 0 Å². The van der Waals surface area contributed by atoms with Gasteiger partial charge < -0.3 is 5.73 Å². The molecule has 0 fully saturated rings. The summed E-state index contributed by atoms with van der Waals surface area (Å²) in [5.74, 6) is 0. The maximum absolute atomic E-state index is 12.4. The largest absolute Gasteiger partial charge is 0.399 e. The molecule has 4 nitrogen and oxygen atoms in total. The fourth-order valence-corrected chi connectivity index (χ4v) is 4.81. The van der Waals surface area contributed by atoms with Gasteiger partial charge in [0.25, 0.3) is 10.0 Å². The van der Waals surface area contributed by atoms with Crippen LogP contribution in [0.4, 0.5) is 11.4 Å². The standard InChI is InChI=1S/C11H10Cl2N2O2S2/c1-15(8-4-2-3-7(14)5-8)19(16,17)9-6-10(12)18-11(9)13/h2-6H,14H2,1H3. The average Bonchev–Trinajstić information content (AvgIpc) is 2.68. The van der Waals surface area contributed by atoms with Crippen LogP contribution in [-0.2, 0) is 10.0 Å². The van der Waals surface area contributed by atoms with Crippen molar-refractivity contribution in [2.24, 2.45) is 0 Å². The maximum Gasteiger partial charge on any atom is 0.266 e. The smallest absolute Gasteiger partial charge is 0.266 e. The molecule has 0 aliphatic heterocycles. The van der Waals surface area contributed by atoms with Gasteiger partial charge in [-0.3, -0.25) is 4.31 Å². The Kier molecular flexibility index (Phi) is 3.96. The molecule has 0 unspecified atom stereocenters. The van der Waals surface area contributed by atoms with Gasteiger partial charge >= 0.3 is 0 Å². The lowest BCUT2D eigenvalue weighted by molar-refractivity contribution is 0.595. The van der Waals surface area contributed by atoms with Gasteiger partial charge in [0.05, 0.1) is 10.0 Å². The molecule has 2 rings (SSSR count). The van der Waals surface area contributed by atoms with E-state index in [1.54, 1.807) is 24.3 Å². The first kappa shape index (κ1) is 14.5. The molecule has 0 saturated heterocycles. The number of halogens is 2. The van der Waals surface area contributed by atoms with Crippen LogP contribution in [0.1, 0.15) is 0 Å².